The SMILES string of the molecule is CC(C)CC1=CC=CC2=NN=NC12. The molecule has 0 radical (unpaired) electrons. The maximum Gasteiger partial charge on any atom is 0.138 e. The molecular weight excluding hydrogens is 162 g/mol. The molecule has 2 aliphatic rings. The van der Waals surface area contributed by atoms with Crippen LogP contribution in [-0.2, 0) is 0 Å². The molecule has 0 bridgehead atoms. The Hall–Kier alpha value is -1.25. The van der Waals surface area contributed by atoms with Crippen molar-refractivity contribution < 1.29 is 0 Å². The minimum atomic E-state index is 0.118. The van der Waals surface area contributed by atoms with E-state index in [2.05, 4.69) is 35.4 Å². The van der Waals surface area contributed by atoms with Crippen molar-refractivity contribution in [2.75, 3.05) is 0 Å². The summed E-state index contributed by atoms with van der Waals surface area (Å²) in [6.45, 7) is 4.42. The maximum absolute atomic E-state index is 4.09. The highest BCUT2D eigenvalue weighted by molar-refractivity contribution is 6.03. The molecule has 0 aromatic carbocycles. The van der Waals surface area contributed by atoms with Gasteiger partial charge in [0.1, 0.15) is 6.04 Å². The van der Waals surface area contributed by atoms with Crippen molar-refractivity contribution in [1.82, 2.24) is 0 Å². The average Bonchev–Trinajstić information content (AvgIpc) is 2.51. The third-order valence-corrected chi connectivity index (χ3v) is 2.18. The lowest BCUT2D eigenvalue weighted by Crippen LogP contribution is -2.19. The predicted octanol–water partition coefficient (Wildman–Crippen LogP) is 2.72. The van der Waals surface area contributed by atoms with E-state index in [-0.39, 0.29) is 6.04 Å². The van der Waals surface area contributed by atoms with Gasteiger partial charge in [-0.1, -0.05) is 26.0 Å². The fourth-order valence-corrected chi connectivity index (χ4v) is 1.64. The molecule has 68 valence electrons. The fourth-order valence-electron chi connectivity index (χ4n) is 1.64. The molecule has 0 fully saturated rings. The lowest BCUT2D eigenvalue weighted by Gasteiger charge is -2.16. The standard InChI is InChI=1S/C10H13N3/c1-7(2)6-8-4-3-5-9-10(8)12-13-11-9/h3-5,7,10H,6H2,1-2H3. The molecule has 1 unspecified atom stereocenters. The van der Waals surface area contributed by atoms with Crippen LogP contribution in [-0.4, -0.2) is 11.8 Å². The average molecular weight is 175 g/mol. The molecule has 0 aromatic rings. The summed E-state index contributed by atoms with van der Waals surface area (Å²) in [5, 5.41) is 11.8. The van der Waals surface area contributed by atoms with Crippen LogP contribution in [0.3, 0.4) is 0 Å². The number of allylic oxidation sites excluding steroid dienone is 2. The molecule has 2 rings (SSSR count). The van der Waals surface area contributed by atoms with Crippen molar-refractivity contribution in [3.8, 4) is 0 Å². The summed E-state index contributed by atoms with van der Waals surface area (Å²) in [6.07, 6.45) is 7.22. The highest BCUT2D eigenvalue weighted by Gasteiger charge is 2.24. The first kappa shape index (κ1) is 8.35. The number of fused-ring (bicyclic) bond motifs is 1. The molecule has 1 aliphatic carbocycles. The van der Waals surface area contributed by atoms with E-state index in [1.54, 1.807) is 0 Å². The van der Waals surface area contributed by atoms with E-state index in [1.807, 2.05) is 12.2 Å². The van der Waals surface area contributed by atoms with Gasteiger partial charge in [0.25, 0.3) is 0 Å². The summed E-state index contributed by atoms with van der Waals surface area (Å²) in [7, 11) is 0. The lowest BCUT2D eigenvalue weighted by molar-refractivity contribution is 0.624. The minimum absolute atomic E-state index is 0.118. The van der Waals surface area contributed by atoms with Gasteiger partial charge in [-0.2, -0.15) is 5.11 Å². The molecule has 0 spiro atoms. The van der Waals surface area contributed by atoms with E-state index in [9.17, 15) is 0 Å². The zero-order valence-corrected chi connectivity index (χ0v) is 7.94. The van der Waals surface area contributed by atoms with E-state index in [1.165, 1.54) is 5.57 Å². The van der Waals surface area contributed by atoms with E-state index >= 15 is 0 Å². The molecule has 0 saturated carbocycles. The van der Waals surface area contributed by atoms with Crippen LogP contribution in [0.2, 0.25) is 0 Å². The topological polar surface area (TPSA) is 37.1 Å². The van der Waals surface area contributed by atoms with Gasteiger partial charge >= 0.3 is 0 Å². The van der Waals surface area contributed by atoms with Crippen LogP contribution in [0, 0.1) is 5.92 Å². The van der Waals surface area contributed by atoms with Crippen LogP contribution in [0.5, 0.6) is 0 Å². The summed E-state index contributed by atoms with van der Waals surface area (Å²) in [5.74, 6) is 0.662. The normalized spacial score (nSPS) is 24.7. The van der Waals surface area contributed by atoms with Gasteiger partial charge in [-0.3, -0.25) is 0 Å². The number of nitrogens with zero attached hydrogens (tertiary/aromatic N) is 3. The molecule has 0 saturated heterocycles. The Morgan fingerprint density at radius 1 is 1.46 bits per heavy atom. The second kappa shape index (κ2) is 3.24. The Morgan fingerprint density at radius 3 is 3.08 bits per heavy atom. The van der Waals surface area contributed by atoms with Crippen LogP contribution in [0.4, 0.5) is 0 Å². The molecule has 1 aliphatic heterocycles. The van der Waals surface area contributed by atoms with E-state index in [4.69, 9.17) is 0 Å². The molecular formula is C10H13N3. The number of hydrogen-bond acceptors (Lipinski definition) is 3. The van der Waals surface area contributed by atoms with Gasteiger partial charge in [0.05, 0.1) is 5.71 Å². The van der Waals surface area contributed by atoms with Gasteiger partial charge in [-0.05, 0) is 29.2 Å². The van der Waals surface area contributed by atoms with Crippen LogP contribution < -0.4 is 0 Å². The first-order chi connectivity index (χ1) is 6.27. The molecule has 1 heterocycles. The van der Waals surface area contributed by atoms with Crippen LogP contribution in [0.1, 0.15) is 20.3 Å². The van der Waals surface area contributed by atoms with Gasteiger partial charge in [0.2, 0.25) is 0 Å². The van der Waals surface area contributed by atoms with Gasteiger partial charge in [0, 0.05) is 0 Å². The summed E-state index contributed by atoms with van der Waals surface area (Å²) in [5.41, 5.74) is 2.32. The second-order valence-corrected chi connectivity index (χ2v) is 3.83. The smallest absolute Gasteiger partial charge is 0.138 e. The van der Waals surface area contributed by atoms with Crippen LogP contribution >= 0.6 is 0 Å². The van der Waals surface area contributed by atoms with E-state index < -0.39 is 0 Å². The van der Waals surface area contributed by atoms with Crippen molar-refractivity contribution in [3.05, 3.63) is 23.8 Å². The monoisotopic (exact) mass is 175 g/mol. The Kier molecular flexibility index (Phi) is 2.08. The number of hydrogen-bond donors (Lipinski definition) is 0. The van der Waals surface area contributed by atoms with Gasteiger partial charge < -0.3 is 0 Å². The van der Waals surface area contributed by atoms with Crippen LogP contribution in [0.15, 0.2) is 39.2 Å². The zero-order chi connectivity index (χ0) is 9.26. The fraction of sp³-hybridized carbons (Fsp3) is 0.500. The highest BCUT2D eigenvalue weighted by Crippen LogP contribution is 2.24. The molecule has 1 atom stereocenters. The first-order valence-electron chi connectivity index (χ1n) is 4.62. The maximum atomic E-state index is 4.09. The Labute approximate surface area is 77.9 Å². The second-order valence-electron chi connectivity index (χ2n) is 3.83. The summed E-state index contributed by atoms with van der Waals surface area (Å²) >= 11 is 0. The molecule has 3 nitrogen and oxygen atoms in total. The lowest BCUT2D eigenvalue weighted by atomic mass is 9.91. The van der Waals surface area contributed by atoms with Crippen molar-refractivity contribution in [3.63, 3.8) is 0 Å². The molecule has 0 aromatic heterocycles. The summed E-state index contributed by atoms with van der Waals surface area (Å²) in [6, 6.07) is 0.118. The minimum Gasteiger partial charge on any atom is -0.154 e. The third-order valence-electron chi connectivity index (χ3n) is 2.18. The van der Waals surface area contributed by atoms with Crippen LogP contribution in [0.25, 0.3) is 0 Å². The van der Waals surface area contributed by atoms with Gasteiger partial charge in [0.15, 0.2) is 0 Å². The molecule has 0 N–H and O–H groups in total. The Bertz CT molecular complexity index is 321. The number of rotatable bonds is 2. The highest BCUT2D eigenvalue weighted by atomic mass is 15.4. The van der Waals surface area contributed by atoms with Crippen molar-refractivity contribution in [1.29, 1.82) is 0 Å². The summed E-state index contributed by atoms with van der Waals surface area (Å²) < 4.78 is 0. The molecule has 0 amide bonds. The van der Waals surface area contributed by atoms with Crippen molar-refractivity contribution >= 4 is 5.71 Å². The largest absolute Gasteiger partial charge is 0.154 e. The van der Waals surface area contributed by atoms with E-state index in [0.717, 1.165) is 12.1 Å². The van der Waals surface area contributed by atoms with Crippen molar-refractivity contribution in [2.45, 2.75) is 26.3 Å². The first-order valence-corrected chi connectivity index (χ1v) is 4.62. The van der Waals surface area contributed by atoms with Gasteiger partial charge in [-0.25, -0.2) is 0 Å². The molecule has 13 heavy (non-hydrogen) atoms. The van der Waals surface area contributed by atoms with Crippen molar-refractivity contribution in [2.24, 2.45) is 21.4 Å². The Morgan fingerprint density at radius 2 is 2.31 bits per heavy atom. The predicted molar refractivity (Wildman–Crippen MR) is 52.8 cm³/mol. The van der Waals surface area contributed by atoms with E-state index in [0.29, 0.717) is 5.92 Å². The molecule has 3 heteroatoms. The zero-order valence-electron chi connectivity index (χ0n) is 7.94. The third kappa shape index (κ3) is 1.59. The van der Waals surface area contributed by atoms with Gasteiger partial charge in [-0.15, -0.1) is 5.10 Å². The quantitative estimate of drug-likeness (QED) is 0.619. The summed E-state index contributed by atoms with van der Waals surface area (Å²) in [4.78, 5) is 0. The Balaban J connectivity index is 2.19.